The van der Waals surface area contributed by atoms with Crippen molar-refractivity contribution in [2.75, 3.05) is 43.0 Å². The maximum Gasteiger partial charge on any atom is 0.410 e. The summed E-state index contributed by atoms with van der Waals surface area (Å²) in [6.45, 7) is 8.83. The Morgan fingerprint density at radius 2 is 1.94 bits per heavy atom. The molecule has 2 fully saturated rings. The van der Waals surface area contributed by atoms with Crippen LogP contribution in [0.2, 0.25) is 5.02 Å². The minimum Gasteiger partial charge on any atom is -0.507 e. The summed E-state index contributed by atoms with van der Waals surface area (Å²) in [5.74, 6) is 0.0656. The van der Waals surface area contributed by atoms with Crippen molar-refractivity contribution in [3.8, 4) is 22.8 Å². The number of likely N-dealkylation sites (N-methyl/N-ethyl adjacent to an activating group) is 1. The fraction of sp³-hybridized carbons (Fsp3) is 0.471. The molecule has 0 spiro atoms. The highest BCUT2D eigenvalue weighted by atomic mass is 35.5. The third-order valence-electron chi connectivity index (χ3n) is 9.60. The Balaban J connectivity index is 1.45. The molecule has 2 saturated heterocycles. The number of fused-ring (bicyclic) bond motifs is 4. The number of amides is 1. The van der Waals surface area contributed by atoms with Crippen LogP contribution in [0.25, 0.3) is 22.0 Å². The van der Waals surface area contributed by atoms with E-state index < -0.39 is 41.2 Å². The predicted molar refractivity (Wildman–Crippen MR) is 174 cm³/mol. The molecular formula is C34H36ClF2N5O5. The number of carbonyl (C=O) groups is 1. The fourth-order valence-corrected chi connectivity index (χ4v) is 7.79. The molecule has 0 aliphatic carbocycles. The molecule has 5 heterocycles. The second kappa shape index (κ2) is 11.2. The Kier molecular flexibility index (Phi) is 7.53. The average molecular weight is 668 g/mol. The Hall–Kier alpha value is -4.12. The molecule has 1 N–H and O–H groups in total. The highest BCUT2D eigenvalue weighted by Gasteiger charge is 2.50. The van der Waals surface area contributed by atoms with Crippen molar-refractivity contribution in [2.45, 2.75) is 70.4 Å². The van der Waals surface area contributed by atoms with Gasteiger partial charge in [0.15, 0.2) is 5.82 Å². The monoisotopic (exact) mass is 667 g/mol. The zero-order valence-electron chi connectivity index (χ0n) is 26.8. The van der Waals surface area contributed by atoms with Crippen molar-refractivity contribution in [1.29, 1.82) is 0 Å². The molecule has 4 atom stereocenters. The van der Waals surface area contributed by atoms with Gasteiger partial charge in [-0.3, -0.25) is 4.90 Å². The van der Waals surface area contributed by atoms with Crippen LogP contribution in [-0.4, -0.2) is 95.0 Å². The molecule has 0 unspecified atom stereocenters. The third kappa shape index (κ3) is 5.05. The number of aromatic hydroxyl groups is 1. The van der Waals surface area contributed by atoms with Crippen LogP contribution in [0.3, 0.4) is 0 Å². The number of rotatable bonds is 2. The topological polar surface area (TPSA) is 98.7 Å². The van der Waals surface area contributed by atoms with Gasteiger partial charge < -0.3 is 29.3 Å². The van der Waals surface area contributed by atoms with Gasteiger partial charge in [0.2, 0.25) is 5.88 Å². The first kappa shape index (κ1) is 31.5. The second-order valence-electron chi connectivity index (χ2n) is 13.8. The minimum atomic E-state index is -0.920. The molecule has 47 heavy (non-hydrogen) atoms. The zero-order chi connectivity index (χ0) is 33.5. The van der Waals surface area contributed by atoms with Crippen LogP contribution in [0, 0.1) is 11.6 Å². The highest BCUT2D eigenvalue weighted by Crippen LogP contribution is 2.54. The van der Waals surface area contributed by atoms with Crippen LogP contribution in [-0.2, 0) is 9.53 Å². The lowest BCUT2D eigenvalue weighted by atomic mass is 9.93. The van der Waals surface area contributed by atoms with Crippen LogP contribution >= 0.6 is 11.6 Å². The molecule has 7 rings (SSSR count). The molecule has 248 valence electrons. The summed E-state index contributed by atoms with van der Waals surface area (Å²) in [5.41, 5.74) is -0.211. The lowest BCUT2D eigenvalue weighted by molar-refractivity contribution is 0.0132. The summed E-state index contributed by atoms with van der Waals surface area (Å²) < 4.78 is 44.1. The second-order valence-corrected chi connectivity index (χ2v) is 14.2. The van der Waals surface area contributed by atoms with E-state index in [4.69, 9.17) is 21.1 Å². The molecule has 2 aromatic carbocycles. The number of piperazine rings is 1. The summed E-state index contributed by atoms with van der Waals surface area (Å²) in [7, 11) is 2.01. The molecule has 4 aliphatic rings. The lowest BCUT2D eigenvalue weighted by Crippen LogP contribution is -2.65. The number of ether oxygens (including phenoxy) is 2. The molecule has 0 saturated carbocycles. The summed E-state index contributed by atoms with van der Waals surface area (Å²) in [6, 6.07) is 4.20. The van der Waals surface area contributed by atoms with Crippen LogP contribution in [0.15, 0.2) is 30.0 Å². The number of phenols is 1. The Morgan fingerprint density at radius 3 is 2.60 bits per heavy atom. The molecule has 3 aromatic rings. The number of aromatic nitrogens is 1. The van der Waals surface area contributed by atoms with E-state index >= 15 is 8.78 Å². The van der Waals surface area contributed by atoms with E-state index in [2.05, 4.69) is 15.8 Å². The maximum atomic E-state index is 16.7. The first-order valence-corrected chi connectivity index (χ1v) is 16.2. The van der Waals surface area contributed by atoms with E-state index in [-0.39, 0.29) is 52.7 Å². The van der Waals surface area contributed by atoms with Crippen molar-refractivity contribution in [3.05, 3.63) is 46.6 Å². The number of likely N-dealkylation sites (tertiary alicyclic amines) is 1. The number of hydrogen-bond donors (Lipinski definition) is 1. The number of nitrogens with zero attached hydrogens (tertiary/aromatic N) is 5. The van der Waals surface area contributed by atoms with Gasteiger partial charge in [-0.05, 0) is 72.3 Å². The number of carbonyl (C=O) groups excluding carboxylic acids is 2. The van der Waals surface area contributed by atoms with Gasteiger partial charge in [-0.1, -0.05) is 17.7 Å². The molecule has 10 nitrogen and oxygen atoms in total. The fourth-order valence-electron chi connectivity index (χ4n) is 7.50. The van der Waals surface area contributed by atoms with Crippen LogP contribution < -0.4 is 14.5 Å². The summed E-state index contributed by atoms with van der Waals surface area (Å²) in [4.78, 5) is 38.5. The van der Waals surface area contributed by atoms with E-state index in [0.717, 1.165) is 25.5 Å². The van der Waals surface area contributed by atoms with E-state index in [1.165, 1.54) is 18.2 Å². The number of anilines is 2. The molecule has 1 aromatic heterocycles. The van der Waals surface area contributed by atoms with Gasteiger partial charge in [0, 0.05) is 29.6 Å². The number of halogens is 3. The summed E-state index contributed by atoms with van der Waals surface area (Å²) >= 11 is 6.71. The normalized spacial score (nSPS) is 24.2. The van der Waals surface area contributed by atoms with Crippen molar-refractivity contribution >= 4 is 45.9 Å². The number of benzene rings is 2. The van der Waals surface area contributed by atoms with E-state index in [9.17, 15) is 14.7 Å². The summed E-state index contributed by atoms with van der Waals surface area (Å²) in [5, 5.41) is 10.7. The Morgan fingerprint density at radius 1 is 1.17 bits per heavy atom. The largest absolute Gasteiger partial charge is 0.507 e. The number of hydrogen-bond acceptors (Lipinski definition) is 9. The molecular weight excluding hydrogens is 632 g/mol. The minimum absolute atomic E-state index is 0.0145. The average Bonchev–Trinajstić information content (AvgIpc) is 3.43. The van der Waals surface area contributed by atoms with Crippen molar-refractivity contribution < 1.29 is 33.0 Å². The van der Waals surface area contributed by atoms with Crippen LogP contribution in [0.5, 0.6) is 11.6 Å². The molecule has 4 aliphatic heterocycles. The number of pyridine rings is 1. The molecule has 13 heteroatoms. The van der Waals surface area contributed by atoms with Gasteiger partial charge in [0.05, 0.1) is 35.4 Å². The number of phenolic OH excluding ortho intramolecular Hbond substituents is 1. The lowest BCUT2D eigenvalue weighted by Gasteiger charge is -2.53. The van der Waals surface area contributed by atoms with Gasteiger partial charge in [-0.25, -0.2) is 23.4 Å². The van der Waals surface area contributed by atoms with Crippen LogP contribution in [0.1, 0.15) is 40.5 Å². The maximum absolute atomic E-state index is 16.7. The predicted octanol–water partition coefficient (Wildman–Crippen LogP) is 5.74. The van der Waals surface area contributed by atoms with E-state index in [1.807, 2.05) is 23.8 Å². The van der Waals surface area contributed by atoms with E-state index in [0.29, 0.717) is 29.0 Å². The van der Waals surface area contributed by atoms with Gasteiger partial charge in [0.25, 0.3) is 0 Å². The van der Waals surface area contributed by atoms with Gasteiger partial charge in [0.1, 0.15) is 46.1 Å². The van der Waals surface area contributed by atoms with Crippen LogP contribution in [0.4, 0.5) is 25.0 Å². The molecule has 0 bridgehead atoms. The van der Waals surface area contributed by atoms with Gasteiger partial charge in [-0.2, -0.15) is 0 Å². The first-order chi connectivity index (χ1) is 22.3. The van der Waals surface area contributed by atoms with E-state index in [1.54, 1.807) is 25.7 Å². The first-order valence-electron chi connectivity index (χ1n) is 15.8. The van der Waals surface area contributed by atoms with Crippen molar-refractivity contribution in [1.82, 2.24) is 14.8 Å². The smallest absolute Gasteiger partial charge is 0.410 e. The van der Waals surface area contributed by atoms with Crippen molar-refractivity contribution in [2.24, 2.45) is 0 Å². The Bertz CT molecular complexity index is 1840. The Labute approximate surface area is 276 Å². The molecule has 0 radical (unpaired) electrons. The van der Waals surface area contributed by atoms with Crippen molar-refractivity contribution in [3.63, 3.8) is 0 Å². The van der Waals surface area contributed by atoms with Gasteiger partial charge >= 0.3 is 6.09 Å². The molecule has 1 amide bonds. The van der Waals surface area contributed by atoms with Gasteiger partial charge in [-0.15, -0.1) is 0 Å². The summed E-state index contributed by atoms with van der Waals surface area (Å²) in [6.07, 6.45) is 0.919. The highest BCUT2D eigenvalue weighted by molar-refractivity contribution is 6.34. The zero-order valence-corrected chi connectivity index (χ0v) is 27.6. The standard InChI is InChI=1S/C34H36ClF2N5O5/c1-17-13-41-22(14-40(17)33(45)47-34(2,3)4)23(16-43)42-15-25(21-9-7-11-39(21)5)46-32-31(42)30(41)18-12-19(35)26(28(37)29(18)38-32)27-20(36)8-6-10-24(27)44/h6,8,10,12,17,21-22,25,44H,7,9,11,13-15H2,1-5H3/t17-,21+,22-,25-/m1/s1. The third-order valence-corrected chi connectivity index (χ3v) is 9.89. The quantitative estimate of drug-likeness (QED) is 0.343. The SMILES string of the molecule is C[C@@H]1CN2c3c4c(nc5c(F)c(-c6c(O)cccc6F)c(Cl)cc35)O[C@@H]([C@@H]3CCCN3C)CN4C(=C=O)[C@H]2CN1C(=O)OC(C)(C)C.